The van der Waals surface area contributed by atoms with Crippen LogP contribution in [0.5, 0.6) is 5.75 Å². The molecule has 0 aliphatic heterocycles. The third-order valence-corrected chi connectivity index (χ3v) is 3.62. The van der Waals surface area contributed by atoms with Gasteiger partial charge >= 0.3 is 0 Å². The lowest BCUT2D eigenvalue weighted by molar-refractivity contribution is 0.340. The second-order valence-electron chi connectivity index (χ2n) is 5.04. The van der Waals surface area contributed by atoms with Crippen LogP contribution in [0.2, 0.25) is 0 Å². The zero-order valence-corrected chi connectivity index (χ0v) is 12.9. The predicted molar refractivity (Wildman–Crippen MR) is 82.4 cm³/mol. The van der Waals surface area contributed by atoms with Gasteiger partial charge in [0.15, 0.2) is 0 Å². The molecule has 1 N–H and O–H groups in total. The van der Waals surface area contributed by atoms with Crippen molar-refractivity contribution in [1.29, 1.82) is 0 Å². The van der Waals surface area contributed by atoms with Gasteiger partial charge in [-0.05, 0) is 51.5 Å². The first kappa shape index (κ1) is 14.4. The number of benzene rings is 1. The zero-order chi connectivity index (χ0) is 14.7. The van der Waals surface area contributed by atoms with Gasteiger partial charge in [0.2, 0.25) is 0 Å². The maximum atomic E-state index is 5.50. The Morgan fingerprint density at radius 1 is 1.25 bits per heavy atom. The maximum absolute atomic E-state index is 5.50. The summed E-state index contributed by atoms with van der Waals surface area (Å²) in [7, 11) is 1.98. The van der Waals surface area contributed by atoms with Crippen molar-refractivity contribution in [2.75, 3.05) is 11.9 Å². The second-order valence-corrected chi connectivity index (χ2v) is 5.04. The number of rotatable bonds is 5. The average Bonchev–Trinajstić information content (AvgIpc) is 2.64. The van der Waals surface area contributed by atoms with Crippen molar-refractivity contribution < 1.29 is 4.74 Å². The molecular formula is C16H23N3O. The quantitative estimate of drug-likeness (QED) is 0.908. The van der Waals surface area contributed by atoms with Crippen molar-refractivity contribution in [3.05, 3.63) is 40.7 Å². The molecule has 0 spiro atoms. The summed E-state index contributed by atoms with van der Waals surface area (Å²) < 4.78 is 7.43. The van der Waals surface area contributed by atoms with Crippen molar-refractivity contribution in [2.45, 2.75) is 34.2 Å². The van der Waals surface area contributed by atoms with Crippen LogP contribution in [-0.4, -0.2) is 16.4 Å². The van der Waals surface area contributed by atoms with E-state index in [9.17, 15) is 0 Å². The van der Waals surface area contributed by atoms with Crippen LogP contribution in [0.15, 0.2) is 18.2 Å². The van der Waals surface area contributed by atoms with E-state index in [2.05, 4.69) is 43.3 Å². The van der Waals surface area contributed by atoms with E-state index in [-0.39, 0.29) is 0 Å². The fraction of sp³-hybridized carbons (Fsp3) is 0.438. The summed E-state index contributed by atoms with van der Waals surface area (Å²) in [5, 5.41) is 7.93. The summed E-state index contributed by atoms with van der Waals surface area (Å²) in [6.45, 7) is 9.72. The summed E-state index contributed by atoms with van der Waals surface area (Å²) in [5.74, 6) is 0.921. The molecule has 0 fully saturated rings. The Balaban J connectivity index is 2.11. The molecule has 2 aromatic rings. The first-order valence-electron chi connectivity index (χ1n) is 6.99. The molecule has 1 aromatic heterocycles. The van der Waals surface area contributed by atoms with Gasteiger partial charge in [-0.2, -0.15) is 5.10 Å². The summed E-state index contributed by atoms with van der Waals surface area (Å²) >= 11 is 0. The molecule has 1 heterocycles. The van der Waals surface area contributed by atoms with Gasteiger partial charge in [-0.15, -0.1) is 0 Å². The second kappa shape index (κ2) is 5.99. The Hall–Kier alpha value is -1.97. The van der Waals surface area contributed by atoms with Crippen LogP contribution in [0.3, 0.4) is 0 Å². The third-order valence-electron chi connectivity index (χ3n) is 3.62. The summed E-state index contributed by atoms with van der Waals surface area (Å²) in [6, 6.07) is 6.14. The van der Waals surface area contributed by atoms with Crippen LogP contribution in [0.1, 0.15) is 29.4 Å². The van der Waals surface area contributed by atoms with E-state index >= 15 is 0 Å². The Kier molecular flexibility index (Phi) is 4.32. The molecule has 0 aliphatic carbocycles. The van der Waals surface area contributed by atoms with Gasteiger partial charge in [-0.3, -0.25) is 4.68 Å². The topological polar surface area (TPSA) is 39.1 Å². The van der Waals surface area contributed by atoms with E-state index in [1.165, 1.54) is 16.8 Å². The normalized spacial score (nSPS) is 10.7. The van der Waals surface area contributed by atoms with Gasteiger partial charge in [-0.25, -0.2) is 0 Å². The van der Waals surface area contributed by atoms with Crippen molar-refractivity contribution in [3.63, 3.8) is 0 Å². The lowest BCUT2D eigenvalue weighted by Crippen LogP contribution is -2.04. The monoisotopic (exact) mass is 273 g/mol. The van der Waals surface area contributed by atoms with Crippen LogP contribution < -0.4 is 10.1 Å². The van der Waals surface area contributed by atoms with Crippen LogP contribution in [0.4, 0.5) is 5.69 Å². The number of hydrogen-bond donors (Lipinski definition) is 1. The van der Waals surface area contributed by atoms with Crippen LogP contribution in [0, 0.1) is 20.8 Å². The average molecular weight is 273 g/mol. The number of ether oxygens (including phenoxy) is 1. The molecule has 20 heavy (non-hydrogen) atoms. The number of aromatic nitrogens is 2. The fourth-order valence-corrected chi connectivity index (χ4v) is 2.35. The summed E-state index contributed by atoms with van der Waals surface area (Å²) in [5.41, 5.74) is 5.88. The molecule has 2 rings (SSSR count). The van der Waals surface area contributed by atoms with Crippen molar-refractivity contribution >= 4 is 5.69 Å². The highest BCUT2D eigenvalue weighted by Crippen LogP contribution is 2.22. The van der Waals surface area contributed by atoms with E-state index in [4.69, 9.17) is 4.74 Å². The minimum Gasteiger partial charge on any atom is -0.494 e. The molecule has 108 valence electrons. The van der Waals surface area contributed by atoms with Crippen LogP contribution >= 0.6 is 0 Å². The minimum absolute atomic E-state index is 0.695. The molecule has 0 bridgehead atoms. The van der Waals surface area contributed by atoms with E-state index < -0.39 is 0 Å². The molecule has 0 saturated carbocycles. The van der Waals surface area contributed by atoms with Gasteiger partial charge in [0.25, 0.3) is 0 Å². The lowest BCUT2D eigenvalue weighted by Gasteiger charge is -2.12. The number of nitrogens with one attached hydrogen (secondary N) is 1. The molecule has 0 amide bonds. The standard InChI is InChI=1S/C16H23N3O/c1-6-20-14-7-8-16(11(2)9-14)17-10-15-12(3)18-19(5)13(15)4/h7-9,17H,6,10H2,1-5H3. The van der Waals surface area contributed by atoms with Crippen LogP contribution in [-0.2, 0) is 13.6 Å². The zero-order valence-electron chi connectivity index (χ0n) is 12.9. The number of anilines is 1. The Morgan fingerprint density at radius 2 is 2.00 bits per heavy atom. The highest BCUT2D eigenvalue weighted by molar-refractivity contribution is 5.54. The van der Waals surface area contributed by atoms with Crippen molar-refractivity contribution in [3.8, 4) is 5.75 Å². The SMILES string of the molecule is CCOc1ccc(NCc2c(C)nn(C)c2C)c(C)c1. The molecule has 0 aliphatic rings. The number of hydrogen-bond acceptors (Lipinski definition) is 3. The molecule has 0 atom stereocenters. The summed E-state index contributed by atoms with van der Waals surface area (Å²) in [4.78, 5) is 0. The largest absolute Gasteiger partial charge is 0.494 e. The van der Waals surface area contributed by atoms with Gasteiger partial charge in [0.05, 0.1) is 12.3 Å². The van der Waals surface area contributed by atoms with E-state index in [0.717, 1.165) is 23.7 Å². The molecule has 1 aromatic carbocycles. The van der Waals surface area contributed by atoms with Crippen molar-refractivity contribution in [2.24, 2.45) is 7.05 Å². The highest BCUT2D eigenvalue weighted by Gasteiger charge is 2.09. The number of aryl methyl sites for hydroxylation is 3. The van der Waals surface area contributed by atoms with Gasteiger partial charge < -0.3 is 10.1 Å². The highest BCUT2D eigenvalue weighted by atomic mass is 16.5. The van der Waals surface area contributed by atoms with Gasteiger partial charge in [0.1, 0.15) is 5.75 Å². The number of nitrogens with zero attached hydrogens (tertiary/aromatic N) is 2. The molecule has 4 nitrogen and oxygen atoms in total. The predicted octanol–water partition coefficient (Wildman–Crippen LogP) is 3.36. The van der Waals surface area contributed by atoms with E-state index in [1.54, 1.807) is 0 Å². The first-order chi connectivity index (χ1) is 9.52. The van der Waals surface area contributed by atoms with Crippen LogP contribution in [0.25, 0.3) is 0 Å². The molecule has 0 unspecified atom stereocenters. The van der Waals surface area contributed by atoms with E-state index in [0.29, 0.717) is 6.61 Å². The smallest absolute Gasteiger partial charge is 0.119 e. The Morgan fingerprint density at radius 3 is 2.55 bits per heavy atom. The van der Waals surface area contributed by atoms with Crippen molar-refractivity contribution in [1.82, 2.24) is 9.78 Å². The Labute approximate surface area is 120 Å². The van der Waals surface area contributed by atoms with Gasteiger partial charge in [0, 0.05) is 30.5 Å². The summed E-state index contributed by atoms with van der Waals surface area (Å²) in [6.07, 6.45) is 0. The fourth-order valence-electron chi connectivity index (χ4n) is 2.35. The molecule has 0 radical (unpaired) electrons. The lowest BCUT2D eigenvalue weighted by atomic mass is 10.1. The molecule has 4 heteroatoms. The first-order valence-corrected chi connectivity index (χ1v) is 6.99. The maximum Gasteiger partial charge on any atom is 0.119 e. The molecular weight excluding hydrogens is 250 g/mol. The third kappa shape index (κ3) is 2.95. The minimum atomic E-state index is 0.695. The van der Waals surface area contributed by atoms with E-state index in [1.807, 2.05) is 24.7 Å². The Bertz CT molecular complexity index is 602. The molecule has 0 saturated heterocycles. The van der Waals surface area contributed by atoms with Gasteiger partial charge in [-0.1, -0.05) is 0 Å².